The number of halogens is 3. The van der Waals surface area contributed by atoms with E-state index in [0.717, 1.165) is 17.7 Å². The molecular formula is C19H19F3N2O2. The summed E-state index contributed by atoms with van der Waals surface area (Å²) in [6, 6.07) is 13.2. The van der Waals surface area contributed by atoms with E-state index >= 15 is 0 Å². The van der Waals surface area contributed by atoms with Crippen molar-refractivity contribution < 1.29 is 22.8 Å². The fraction of sp³-hybridized carbons (Fsp3) is 0.263. The van der Waals surface area contributed by atoms with Crippen LogP contribution in [0.2, 0.25) is 0 Å². The lowest BCUT2D eigenvalue weighted by molar-refractivity contribution is -0.137. The molecule has 138 valence electrons. The summed E-state index contributed by atoms with van der Waals surface area (Å²) in [5, 5.41) is 5.38. The Bertz CT molecular complexity index is 744. The summed E-state index contributed by atoms with van der Waals surface area (Å²) in [6.07, 6.45) is -4.35. The monoisotopic (exact) mass is 364 g/mol. The molecule has 0 spiro atoms. The number of rotatable bonds is 6. The first-order valence-electron chi connectivity index (χ1n) is 8.00. The molecule has 0 aliphatic heterocycles. The summed E-state index contributed by atoms with van der Waals surface area (Å²) in [7, 11) is 0. The Hall–Kier alpha value is -2.83. The maximum atomic E-state index is 12.5. The van der Waals surface area contributed by atoms with Gasteiger partial charge in [0.1, 0.15) is 0 Å². The van der Waals surface area contributed by atoms with E-state index in [-0.39, 0.29) is 24.8 Å². The first kappa shape index (κ1) is 19.5. The van der Waals surface area contributed by atoms with Crippen LogP contribution in [0.3, 0.4) is 0 Å². The van der Waals surface area contributed by atoms with Gasteiger partial charge in [-0.05, 0) is 23.3 Å². The third-order valence-electron chi connectivity index (χ3n) is 3.74. The van der Waals surface area contributed by atoms with Crippen molar-refractivity contribution in [2.24, 2.45) is 0 Å². The van der Waals surface area contributed by atoms with Gasteiger partial charge in [0.15, 0.2) is 0 Å². The van der Waals surface area contributed by atoms with E-state index in [1.807, 2.05) is 30.3 Å². The van der Waals surface area contributed by atoms with E-state index in [4.69, 9.17) is 0 Å². The van der Waals surface area contributed by atoms with Crippen molar-refractivity contribution in [3.05, 3.63) is 71.3 Å². The number of carbonyl (C=O) groups excluding carboxylic acids is 2. The second-order valence-corrected chi connectivity index (χ2v) is 5.84. The zero-order valence-corrected chi connectivity index (χ0v) is 14.1. The van der Waals surface area contributed by atoms with Gasteiger partial charge in [0.2, 0.25) is 11.8 Å². The second kappa shape index (κ2) is 8.51. The molecule has 2 aromatic rings. The molecule has 0 heterocycles. The van der Waals surface area contributed by atoms with E-state index in [0.29, 0.717) is 5.56 Å². The van der Waals surface area contributed by atoms with Gasteiger partial charge < -0.3 is 10.6 Å². The summed E-state index contributed by atoms with van der Waals surface area (Å²) in [5.74, 6) is -0.568. The van der Waals surface area contributed by atoms with E-state index < -0.39 is 17.8 Å². The molecule has 4 nitrogen and oxygen atoms in total. The zero-order valence-electron chi connectivity index (χ0n) is 14.1. The molecule has 0 saturated heterocycles. The maximum absolute atomic E-state index is 12.5. The first-order chi connectivity index (χ1) is 12.3. The Kier molecular flexibility index (Phi) is 6.38. The van der Waals surface area contributed by atoms with Crippen molar-refractivity contribution in [1.29, 1.82) is 0 Å². The van der Waals surface area contributed by atoms with Crippen LogP contribution in [0, 0.1) is 0 Å². The third kappa shape index (κ3) is 5.91. The minimum Gasteiger partial charge on any atom is -0.352 e. The molecule has 0 aliphatic carbocycles. The molecule has 0 aliphatic rings. The molecule has 0 radical (unpaired) electrons. The number of benzene rings is 2. The van der Waals surface area contributed by atoms with Crippen molar-refractivity contribution in [3.8, 4) is 0 Å². The predicted molar refractivity (Wildman–Crippen MR) is 90.9 cm³/mol. The van der Waals surface area contributed by atoms with Crippen LogP contribution in [0.15, 0.2) is 54.6 Å². The van der Waals surface area contributed by atoms with Gasteiger partial charge in [-0.15, -0.1) is 0 Å². The quantitative estimate of drug-likeness (QED) is 0.823. The Morgan fingerprint density at radius 1 is 1.00 bits per heavy atom. The van der Waals surface area contributed by atoms with E-state index in [1.165, 1.54) is 19.1 Å². The molecule has 1 unspecified atom stereocenters. The highest BCUT2D eigenvalue weighted by Crippen LogP contribution is 2.29. The molecule has 0 fully saturated rings. The van der Waals surface area contributed by atoms with Crippen LogP contribution >= 0.6 is 0 Å². The molecule has 26 heavy (non-hydrogen) atoms. The molecule has 2 rings (SSSR count). The number of hydrogen-bond acceptors (Lipinski definition) is 2. The average Bonchev–Trinajstić information content (AvgIpc) is 2.59. The van der Waals surface area contributed by atoms with Gasteiger partial charge in [-0.1, -0.05) is 42.5 Å². The lowest BCUT2D eigenvalue weighted by atomic mass is 10.0. The van der Waals surface area contributed by atoms with Crippen molar-refractivity contribution in [1.82, 2.24) is 10.6 Å². The third-order valence-corrected chi connectivity index (χ3v) is 3.74. The Labute approximate surface area is 149 Å². The maximum Gasteiger partial charge on any atom is 0.416 e. The summed E-state index contributed by atoms with van der Waals surface area (Å²) in [4.78, 5) is 23.5. The lowest BCUT2D eigenvalue weighted by Gasteiger charge is -2.18. The van der Waals surface area contributed by atoms with Crippen LogP contribution in [0.4, 0.5) is 13.2 Å². The zero-order chi connectivity index (χ0) is 19.2. The number of carbonyl (C=O) groups is 2. The summed E-state index contributed by atoms with van der Waals surface area (Å²) in [5.41, 5.74) is 0.622. The minimum atomic E-state index is -4.39. The highest BCUT2D eigenvalue weighted by molar-refractivity contribution is 5.79. The SMILES string of the molecule is CC(=O)NC(CC(=O)NCc1ccc(C(F)(F)F)cc1)c1ccccc1. The number of amides is 2. The largest absolute Gasteiger partial charge is 0.416 e. The highest BCUT2D eigenvalue weighted by atomic mass is 19.4. The van der Waals surface area contributed by atoms with Crippen LogP contribution in [0.1, 0.15) is 36.1 Å². The molecule has 0 saturated carbocycles. The van der Waals surface area contributed by atoms with Gasteiger partial charge in [-0.3, -0.25) is 9.59 Å². The van der Waals surface area contributed by atoms with Crippen LogP contribution in [-0.4, -0.2) is 11.8 Å². The molecule has 2 aromatic carbocycles. The van der Waals surface area contributed by atoms with Gasteiger partial charge in [0.25, 0.3) is 0 Å². The van der Waals surface area contributed by atoms with E-state index in [9.17, 15) is 22.8 Å². The topological polar surface area (TPSA) is 58.2 Å². The average molecular weight is 364 g/mol. The Morgan fingerprint density at radius 2 is 1.62 bits per heavy atom. The standard InChI is InChI=1S/C19H19F3N2O2/c1-13(25)24-17(15-5-3-2-4-6-15)11-18(26)23-12-14-7-9-16(10-8-14)19(20,21)22/h2-10,17H,11-12H2,1H3,(H,23,26)(H,24,25). The normalized spacial score (nSPS) is 12.3. The lowest BCUT2D eigenvalue weighted by Crippen LogP contribution is -2.32. The summed E-state index contributed by atoms with van der Waals surface area (Å²) in [6.45, 7) is 1.48. The fourth-order valence-corrected chi connectivity index (χ4v) is 2.45. The smallest absolute Gasteiger partial charge is 0.352 e. The van der Waals surface area contributed by atoms with Crippen LogP contribution in [0.5, 0.6) is 0 Å². The summed E-state index contributed by atoms with van der Waals surface area (Å²) >= 11 is 0. The number of nitrogens with one attached hydrogen (secondary N) is 2. The fourth-order valence-electron chi connectivity index (χ4n) is 2.45. The molecule has 0 aromatic heterocycles. The molecule has 7 heteroatoms. The molecule has 2 amide bonds. The van der Waals surface area contributed by atoms with Gasteiger partial charge in [0.05, 0.1) is 18.0 Å². The van der Waals surface area contributed by atoms with Gasteiger partial charge in [-0.25, -0.2) is 0 Å². The van der Waals surface area contributed by atoms with E-state index in [1.54, 1.807) is 0 Å². The van der Waals surface area contributed by atoms with Crippen molar-refractivity contribution in [3.63, 3.8) is 0 Å². The minimum absolute atomic E-state index is 0.0320. The van der Waals surface area contributed by atoms with Crippen molar-refractivity contribution in [2.75, 3.05) is 0 Å². The van der Waals surface area contributed by atoms with Gasteiger partial charge >= 0.3 is 6.18 Å². The van der Waals surface area contributed by atoms with Crippen molar-refractivity contribution in [2.45, 2.75) is 32.1 Å². The molecule has 2 N–H and O–H groups in total. The number of hydrogen-bond donors (Lipinski definition) is 2. The van der Waals surface area contributed by atoms with Crippen LogP contribution in [0.25, 0.3) is 0 Å². The predicted octanol–water partition coefficient (Wildman–Crippen LogP) is 3.59. The highest BCUT2D eigenvalue weighted by Gasteiger charge is 2.29. The van der Waals surface area contributed by atoms with E-state index in [2.05, 4.69) is 10.6 Å². The van der Waals surface area contributed by atoms with Crippen molar-refractivity contribution >= 4 is 11.8 Å². The van der Waals surface area contributed by atoms with Gasteiger partial charge in [-0.2, -0.15) is 13.2 Å². The molecule has 0 bridgehead atoms. The number of alkyl halides is 3. The first-order valence-corrected chi connectivity index (χ1v) is 8.00. The molecule has 1 atom stereocenters. The Balaban J connectivity index is 1.94. The summed E-state index contributed by atoms with van der Waals surface area (Å²) < 4.78 is 37.6. The van der Waals surface area contributed by atoms with Crippen LogP contribution in [-0.2, 0) is 22.3 Å². The van der Waals surface area contributed by atoms with Crippen LogP contribution < -0.4 is 10.6 Å². The van der Waals surface area contributed by atoms with Gasteiger partial charge in [0, 0.05) is 13.5 Å². The second-order valence-electron chi connectivity index (χ2n) is 5.84. The molecular weight excluding hydrogens is 345 g/mol. The Morgan fingerprint density at radius 3 is 2.15 bits per heavy atom.